The van der Waals surface area contributed by atoms with Crippen molar-refractivity contribution in [3.8, 4) is 0 Å². The third-order valence-electron chi connectivity index (χ3n) is 4.39. The number of hydrogen-bond donors (Lipinski definition) is 2. The average Bonchev–Trinajstić information content (AvgIpc) is 2.58. The molecule has 1 aliphatic rings. The summed E-state index contributed by atoms with van der Waals surface area (Å²) < 4.78 is 31.6. The number of fused-ring (bicyclic) bond motifs is 3. The monoisotopic (exact) mass is 331 g/mol. The summed E-state index contributed by atoms with van der Waals surface area (Å²) in [6.07, 6.45) is 0. The van der Waals surface area contributed by atoms with E-state index >= 15 is 0 Å². The Balaban J connectivity index is 0.00000161. The molecule has 0 bridgehead atoms. The molecule has 0 aromatic heterocycles. The molecule has 0 aliphatic carbocycles. The Hall–Kier alpha value is 0.0464. The normalized spacial score (nSPS) is 19.7. The van der Waals surface area contributed by atoms with Crippen molar-refractivity contribution >= 4 is 78.0 Å². The van der Waals surface area contributed by atoms with Gasteiger partial charge in [0, 0.05) is 17.1 Å². The van der Waals surface area contributed by atoms with E-state index in [1.807, 2.05) is 12.1 Å². The Morgan fingerprint density at radius 3 is 2.48 bits per heavy atom. The van der Waals surface area contributed by atoms with Crippen molar-refractivity contribution in [3.05, 3.63) is 35.9 Å². The van der Waals surface area contributed by atoms with E-state index in [0.717, 1.165) is 16.5 Å². The molecule has 0 saturated carbocycles. The molecule has 1 unspecified atom stereocenters. The van der Waals surface area contributed by atoms with Crippen LogP contribution < -0.4 is 5.32 Å². The summed E-state index contributed by atoms with van der Waals surface area (Å²) in [4.78, 5) is -0.0678. The second-order valence-corrected chi connectivity index (χ2v) is 7.36. The van der Waals surface area contributed by atoms with Gasteiger partial charge >= 0.3 is 51.4 Å². The van der Waals surface area contributed by atoms with Crippen LogP contribution in [-0.4, -0.2) is 70.4 Å². The maximum absolute atomic E-state index is 11.2. The van der Waals surface area contributed by atoms with Gasteiger partial charge in [0.05, 0.1) is 4.90 Å². The second-order valence-electron chi connectivity index (χ2n) is 5.93. The van der Waals surface area contributed by atoms with Crippen LogP contribution in [0.25, 0.3) is 10.8 Å². The van der Waals surface area contributed by atoms with E-state index in [1.165, 1.54) is 17.7 Å². The minimum absolute atomic E-state index is 0. The van der Waals surface area contributed by atoms with Crippen LogP contribution in [0.5, 0.6) is 0 Å². The standard InChI is InChI=1S/C15H17NO3S.K.H/c1-9-15(2,3)14-12-6-5-11(20(17,18)19)8-10(12)4-7-13(14)16-9;;/h4-9,16H,1-3H3,(H,17,18,19);;. The Kier molecular flexibility index (Phi) is 4.64. The summed E-state index contributed by atoms with van der Waals surface area (Å²) in [5.41, 5.74) is 2.26. The first-order chi connectivity index (χ1) is 9.21. The topological polar surface area (TPSA) is 66.4 Å². The summed E-state index contributed by atoms with van der Waals surface area (Å²) >= 11 is 0. The second kappa shape index (κ2) is 5.60. The number of rotatable bonds is 1. The molecule has 0 saturated heterocycles. The van der Waals surface area contributed by atoms with E-state index in [0.29, 0.717) is 6.04 Å². The molecule has 1 heterocycles. The summed E-state index contributed by atoms with van der Waals surface area (Å²) in [7, 11) is -4.16. The van der Waals surface area contributed by atoms with E-state index in [4.69, 9.17) is 4.55 Å². The zero-order valence-corrected chi connectivity index (χ0v) is 12.5. The van der Waals surface area contributed by atoms with Crippen LogP contribution >= 0.6 is 0 Å². The summed E-state index contributed by atoms with van der Waals surface area (Å²) in [5, 5.41) is 5.30. The molecule has 0 fully saturated rings. The minimum atomic E-state index is -4.16. The molecule has 21 heavy (non-hydrogen) atoms. The number of anilines is 1. The Labute approximate surface area is 167 Å². The first kappa shape index (κ1) is 17.4. The molecule has 2 aromatic rings. The molecule has 0 amide bonds. The molecule has 6 heteroatoms. The van der Waals surface area contributed by atoms with Crippen molar-refractivity contribution < 1.29 is 13.0 Å². The van der Waals surface area contributed by atoms with Crippen molar-refractivity contribution in [2.45, 2.75) is 37.1 Å². The SMILES string of the molecule is CC1Nc2ccc3cc(S(=O)(=O)O)ccc3c2C1(C)C.[KH]. The van der Waals surface area contributed by atoms with Crippen LogP contribution in [0.4, 0.5) is 5.69 Å². The van der Waals surface area contributed by atoms with Gasteiger partial charge in [-0.15, -0.1) is 0 Å². The maximum atomic E-state index is 11.2. The first-order valence-electron chi connectivity index (χ1n) is 6.52. The quantitative estimate of drug-likeness (QED) is 0.622. The first-order valence-corrected chi connectivity index (χ1v) is 7.96. The van der Waals surface area contributed by atoms with Crippen LogP contribution in [0.3, 0.4) is 0 Å². The molecule has 0 radical (unpaired) electrons. The molecule has 1 aliphatic heterocycles. The van der Waals surface area contributed by atoms with Crippen molar-refractivity contribution in [1.82, 2.24) is 0 Å². The third kappa shape index (κ3) is 2.83. The van der Waals surface area contributed by atoms with Gasteiger partial charge in [0.25, 0.3) is 10.1 Å². The molecule has 2 N–H and O–H groups in total. The molecule has 1 atom stereocenters. The molecular weight excluding hydrogens is 313 g/mol. The van der Waals surface area contributed by atoms with E-state index in [9.17, 15) is 8.42 Å². The number of nitrogens with one attached hydrogen (secondary N) is 1. The van der Waals surface area contributed by atoms with Crippen LogP contribution in [0.1, 0.15) is 26.3 Å². The third-order valence-corrected chi connectivity index (χ3v) is 5.24. The van der Waals surface area contributed by atoms with Gasteiger partial charge in [0.2, 0.25) is 0 Å². The van der Waals surface area contributed by atoms with Gasteiger partial charge in [0.15, 0.2) is 0 Å². The van der Waals surface area contributed by atoms with Gasteiger partial charge in [-0.05, 0) is 41.5 Å². The van der Waals surface area contributed by atoms with E-state index in [2.05, 4.69) is 26.1 Å². The summed E-state index contributed by atoms with van der Waals surface area (Å²) in [6, 6.07) is 8.91. The van der Waals surface area contributed by atoms with Crippen molar-refractivity contribution in [2.24, 2.45) is 0 Å². The predicted molar refractivity (Wildman–Crippen MR) is 87.0 cm³/mol. The zero-order chi connectivity index (χ0) is 14.7. The van der Waals surface area contributed by atoms with Crippen molar-refractivity contribution in [3.63, 3.8) is 0 Å². The Bertz CT molecular complexity index is 815. The van der Waals surface area contributed by atoms with Crippen LogP contribution in [0.2, 0.25) is 0 Å². The fourth-order valence-electron chi connectivity index (χ4n) is 2.91. The molecular formula is C15H18KNO3S. The molecule has 2 aromatic carbocycles. The summed E-state index contributed by atoms with van der Waals surface area (Å²) in [5.74, 6) is 0. The van der Waals surface area contributed by atoms with Gasteiger partial charge in [-0.1, -0.05) is 26.0 Å². The molecule has 108 valence electrons. The fraction of sp³-hybridized carbons (Fsp3) is 0.333. The van der Waals surface area contributed by atoms with Crippen molar-refractivity contribution in [1.29, 1.82) is 0 Å². The van der Waals surface area contributed by atoms with Gasteiger partial charge < -0.3 is 5.32 Å². The fourth-order valence-corrected chi connectivity index (χ4v) is 3.43. The predicted octanol–water partition coefficient (Wildman–Crippen LogP) is 2.53. The van der Waals surface area contributed by atoms with Gasteiger partial charge in [-0.2, -0.15) is 8.42 Å². The van der Waals surface area contributed by atoms with Gasteiger partial charge in [-0.25, -0.2) is 0 Å². The molecule has 0 spiro atoms. The molecule has 3 rings (SSSR count). The Morgan fingerprint density at radius 2 is 1.86 bits per heavy atom. The van der Waals surface area contributed by atoms with Crippen LogP contribution in [0, 0.1) is 0 Å². The zero-order valence-electron chi connectivity index (χ0n) is 11.6. The van der Waals surface area contributed by atoms with E-state index in [-0.39, 0.29) is 61.7 Å². The van der Waals surface area contributed by atoms with Crippen LogP contribution in [-0.2, 0) is 15.5 Å². The van der Waals surface area contributed by atoms with E-state index < -0.39 is 10.1 Å². The summed E-state index contributed by atoms with van der Waals surface area (Å²) in [6.45, 7) is 6.48. The molecule has 4 nitrogen and oxygen atoms in total. The number of hydrogen-bond acceptors (Lipinski definition) is 3. The van der Waals surface area contributed by atoms with E-state index in [1.54, 1.807) is 6.07 Å². The number of benzene rings is 2. The van der Waals surface area contributed by atoms with Gasteiger partial charge in [0.1, 0.15) is 0 Å². The van der Waals surface area contributed by atoms with Gasteiger partial charge in [-0.3, -0.25) is 4.55 Å². The van der Waals surface area contributed by atoms with Crippen molar-refractivity contribution in [2.75, 3.05) is 5.32 Å². The van der Waals surface area contributed by atoms with Crippen LogP contribution in [0.15, 0.2) is 35.2 Å². The average molecular weight is 331 g/mol. The Morgan fingerprint density at radius 1 is 1.19 bits per heavy atom.